The van der Waals surface area contributed by atoms with Crippen molar-refractivity contribution in [2.45, 2.75) is 11.0 Å². The molecule has 0 spiro atoms. The number of hydrogen-bond donors (Lipinski definition) is 3. The van der Waals surface area contributed by atoms with E-state index in [4.69, 9.17) is 39.9 Å². The van der Waals surface area contributed by atoms with Crippen molar-refractivity contribution in [2.75, 3.05) is 17.7 Å². The first kappa shape index (κ1) is 15.8. The Kier molecular flexibility index (Phi) is 5.51. The molecule has 1 atom stereocenters. The van der Waals surface area contributed by atoms with E-state index >= 15 is 0 Å². The topological polar surface area (TPSA) is 92.4 Å². The van der Waals surface area contributed by atoms with Gasteiger partial charge < -0.3 is 10.4 Å². The van der Waals surface area contributed by atoms with Gasteiger partial charge in [0.05, 0.1) is 32.6 Å². The van der Waals surface area contributed by atoms with E-state index in [-0.39, 0.29) is 27.4 Å². The molecule has 0 saturated carbocycles. The van der Waals surface area contributed by atoms with Crippen LogP contribution in [0.25, 0.3) is 0 Å². The number of nitrogens with one attached hydrogen (secondary N) is 1. The lowest BCUT2D eigenvalue weighted by Gasteiger charge is -2.13. The van der Waals surface area contributed by atoms with E-state index in [1.54, 1.807) is 0 Å². The van der Waals surface area contributed by atoms with E-state index in [0.717, 1.165) is 0 Å². The molecule has 18 heavy (non-hydrogen) atoms. The van der Waals surface area contributed by atoms with E-state index in [9.17, 15) is 13.5 Å². The summed E-state index contributed by atoms with van der Waals surface area (Å²) in [6.45, 7) is 0.137. The molecule has 102 valence electrons. The molecule has 9 heteroatoms. The summed E-state index contributed by atoms with van der Waals surface area (Å²) in [5.41, 5.74) is 0.315. The Hall–Kier alpha value is -0.240. The predicted molar refractivity (Wildman–Crippen MR) is 73.1 cm³/mol. The van der Waals surface area contributed by atoms with Gasteiger partial charge in [-0.15, -0.1) is 11.6 Å². The Bertz CT molecular complexity index is 513. The number of aliphatic hydroxyl groups is 1. The van der Waals surface area contributed by atoms with Crippen LogP contribution in [-0.4, -0.2) is 32.1 Å². The molecular weight excluding hydrogens is 323 g/mol. The lowest BCUT2D eigenvalue weighted by molar-refractivity contribution is 0.211. The van der Waals surface area contributed by atoms with Crippen molar-refractivity contribution in [3.05, 3.63) is 22.2 Å². The quantitative estimate of drug-likeness (QED) is 0.714. The molecule has 0 aliphatic rings. The first-order chi connectivity index (χ1) is 8.25. The molecule has 0 fully saturated rings. The highest BCUT2D eigenvalue weighted by Crippen LogP contribution is 2.33. The van der Waals surface area contributed by atoms with E-state index in [1.165, 1.54) is 12.1 Å². The van der Waals surface area contributed by atoms with Crippen molar-refractivity contribution >= 4 is 50.5 Å². The van der Waals surface area contributed by atoms with Gasteiger partial charge in [0.25, 0.3) is 0 Å². The molecule has 0 saturated heterocycles. The molecule has 0 aliphatic carbocycles. The van der Waals surface area contributed by atoms with Crippen LogP contribution in [0.5, 0.6) is 0 Å². The molecule has 1 rings (SSSR count). The zero-order valence-electron chi connectivity index (χ0n) is 9.03. The summed E-state index contributed by atoms with van der Waals surface area (Å²) in [6, 6.07) is 2.36. The highest BCUT2D eigenvalue weighted by Gasteiger charge is 2.15. The lowest BCUT2D eigenvalue weighted by Crippen LogP contribution is -2.21. The van der Waals surface area contributed by atoms with Crippen LogP contribution in [0, 0.1) is 0 Å². The molecule has 0 heterocycles. The number of rotatable bonds is 5. The van der Waals surface area contributed by atoms with Gasteiger partial charge in [-0.2, -0.15) is 0 Å². The summed E-state index contributed by atoms with van der Waals surface area (Å²) < 4.78 is 22.3. The van der Waals surface area contributed by atoms with Gasteiger partial charge in [-0.25, -0.2) is 13.6 Å². The fourth-order valence-electron chi connectivity index (χ4n) is 1.16. The van der Waals surface area contributed by atoms with Gasteiger partial charge in [-0.05, 0) is 12.1 Å². The summed E-state index contributed by atoms with van der Waals surface area (Å²) in [4.78, 5) is -0.180. The summed E-state index contributed by atoms with van der Waals surface area (Å²) in [7, 11) is -3.87. The minimum Gasteiger partial charge on any atom is -0.390 e. The minimum atomic E-state index is -3.87. The normalized spacial score (nSPS) is 13.4. The predicted octanol–water partition coefficient (Wildman–Crippen LogP) is 1.65. The van der Waals surface area contributed by atoms with Crippen molar-refractivity contribution in [1.82, 2.24) is 0 Å². The third-order valence-corrected chi connectivity index (χ3v) is 3.88. The number of benzene rings is 1. The van der Waals surface area contributed by atoms with Crippen LogP contribution < -0.4 is 10.5 Å². The summed E-state index contributed by atoms with van der Waals surface area (Å²) >= 11 is 17.2. The molecular formula is C9H11Cl3N2O3S. The molecule has 0 aromatic heterocycles. The van der Waals surface area contributed by atoms with Crippen molar-refractivity contribution in [3.63, 3.8) is 0 Å². The standard InChI is InChI=1S/C9H11Cl3N2O3S/c10-3-5(15)4-14-9-7(11)1-6(2-8(9)12)18(13,16)17/h1-2,5,14-15H,3-4H2,(H2,13,16,17). The second-order valence-corrected chi connectivity index (χ2v) is 6.18. The Morgan fingerprint density at radius 1 is 1.33 bits per heavy atom. The first-order valence-corrected chi connectivity index (χ1v) is 7.59. The number of sulfonamides is 1. The highest BCUT2D eigenvalue weighted by atomic mass is 35.5. The molecule has 0 aliphatic heterocycles. The molecule has 1 unspecified atom stereocenters. The van der Waals surface area contributed by atoms with Crippen LogP contribution >= 0.6 is 34.8 Å². The second kappa shape index (κ2) is 6.27. The fourth-order valence-corrected chi connectivity index (χ4v) is 2.58. The molecule has 0 radical (unpaired) electrons. The molecule has 0 bridgehead atoms. The molecule has 4 N–H and O–H groups in total. The summed E-state index contributed by atoms with van der Waals surface area (Å²) in [5, 5.41) is 17.2. The van der Waals surface area contributed by atoms with Crippen LogP contribution in [0.15, 0.2) is 17.0 Å². The summed E-state index contributed by atoms with van der Waals surface area (Å²) in [6.07, 6.45) is -0.767. The lowest BCUT2D eigenvalue weighted by atomic mass is 10.3. The smallest absolute Gasteiger partial charge is 0.238 e. The third kappa shape index (κ3) is 4.15. The Balaban J connectivity index is 3.02. The minimum absolute atomic E-state index is 0.0531. The van der Waals surface area contributed by atoms with E-state index in [2.05, 4.69) is 5.32 Å². The second-order valence-electron chi connectivity index (χ2n) is 3.50. The van der Waals surface area contributed by atoms with Crippen LogP contribution in [0.2, 0.25) is 10.0 Å². The van der Waals surface area contributed by atoms with Crippen LogP contribution in [0.3, 0.4) is 0 Å². The Morgan fingerprint density at radius 2 is 1.83 bits per heavy atom. The van der Waals surface area contributed by atoms with Gasteiger partial charge in [0.1, 0.15) is 0 Å². The van der Waals surface area contributed by atoms with E-state index in [0.29, 0.717) is 5.69 Å². The maximum absolute atomic E-state index is 11.1. The van der Waals surface area contributed by atoms with Crippen molar-refractivity contribution in [2.24, 2.45) is 5.14 Å². The monoisotopic (exact) mass is 332 g/mol. The van der Waals surface area contributed by atoms with Crippen LogP contribution in [0.1, 0.15) is 0 Å². The van der Waals surface area contributed by atoms with Crippen molar-refractivity contribution in [3.8, 4) is 0 Å². The van der Waals surface area contributed by atoms with Crippen LogP contribution in [-0.2, 0) is 10.0 Å². The fraction of sp³-hybridized carbons (Fsp3) is 0.333. The number of hydrogen-bond acceptors (Lipinski definition) is 4. The van der Waals surface area contributed by atoms with Gasteiger partial charge in [0, 0.05) is 6.54 Å². The Labute approximate surface area is 120 Å². The Morgan fingerprint density at radius 3 is 2.22 bits per heavy atom. The zero-order chi connectivity index (χ0) is 13.9. The number of nitrogens with two attached hydrogens (primary N) is 1. The summed E-state index contributed by atoms with van der Waals surface area (Å²) in [5.74, 6) is 0.0531. The average Bonchev–Trinajstić information content (AvgIpc) is 2.26. The van der Waals surface area contributed by atoms with E-state index in [1.807, 2.05) is 0 Å². The zero-order valence-corrected chi connectivity index (χ0v) is 12.1. The van der Waals surface area contributed by atoms with Crippen LogP contribution in [0.4, 0.5) is 5.69 Å². The first-order valence-electron chi connectivity index (χ1n) is 4.75. The SMILES string of the molecule is NS(=O)(=O)c1cc(Cl)c(NCC(O)CCl)c(Cl)c1. The molecule has 5 nitrogen and oxygen atoms in total. The van der Waals surface area contributed by atoms with E-state index < -0.39 is 16.1 Å². The maximum Gasteiger partial charge on any atom is 0.238 e. The largest absolute Gasteiger partial charge is 0.390 e. The van der Waals surface area contributed by atoms with Crippen molar-refractivity contribution < 1.29 is 13.5 Å². The van der Waals surface area contributed by atoms with Gasteiger partial charge >= 0.3 is 0 Å². The molecule has 0 amide bonds. The van der Waals surface area contributed by atoms with Crippen molar-refractivity contribution in [1.29, 1.82) is 0 Å². The number of alkyl halides is 1. The number of aliphatic hydroxyl groups excluding tert-OH is 1. The van der Waals surface area contributed by atoms with Gasteiger partial charge in [-0.3, -0.25) is 0 Å². The number of primary sulfonamides is 1. The number of anilines is 1. The molecule has 1 aromatic rings. The number of halogens is 3. The van der Waals surface area contributed by atoms with Gasteiger partial charge in [0.2, 0.25) is 10.0 Å². The van der Waals surface area contributed by atoms with Gasteiger partial charge in [-0.1, -0.05) is 23.2 Å². The average molecular weight is 334 g/mol. The third-order valence-electron chi connectivity index (χ3n) is 2.04. The maximum atomic E-state index is 11.1. The highest BCUT2D eigenvalue weighted by molar-refractivity contribution is 7.89. The van der Waals surface area contributed by atoms with Gasteiger partial charge in [0.15, 0.2) is 0 Å². The molecule has 1 aromatic carbocycles.